The number of aromatic nitrogens is 3. The second-order valence-electron chi connectivity index (χ2n) is 6.98. The molecule has 0 aliphatic rings. The van der Waals surface area contributed by atoms with Crippen molar-refractivity contribution in [2.24, 2.45) is 0 Å². The van der Waals surface area contributed by atoms with Crippen LogP contribution in [0.1, 0.15) is 40.6 Å². The van der Waals surface area contributed by atoms with Crippen molar-refractivity contribution >= 4 is 39.9 Å². The van der Waals surface area contributed by atoms with E-state index >= 15 is 0 Å². The molecule has 0 fully saturated rings. The summed E-state index contributed by atoms with van der Waals surface area (Å²) in [6.07, 6.45) is 1.67. The Labute approximate surface area is 177 Å². The summed E-state index contributed by atoms with van der Waals surface area (Å²) < 4.78 is 6.56. The van der Waals surface area contributed by atoms with Crippen LogP contribution in [0.15, 0.2) is 54.0 Å². The zero-order valence-corrected chi connectivity index (χ0v) is 17.6. The van der Waals surface area contributed by atoms with Crippen molar-refractivity contribution < 1.29 is 14.3 Å². The smallest absolute Gasteiger partial charge is 0.337 e. The Balaban J connectivity index is 1.78. The van der Waals surface area contributed by atoms with Crippen molar-refractivity contribution in [3.63, 3.8) is 0 Å². The van der Waals surface area contributed by atoms with E-state index in [1.807, 2.05) is 31.4 Å². The van der Waals surface area contributed by atoms with Gasteiger partial charge in [-0.05, 0) is 49.6 Å². The number of hydrogen-bond acceptors (Lipinski definition) is 6. The Bertz CT molecular complexity index is 1230. The van der Waals surface area contributed by atoms with Crippen LogP contribution in [0.3, 0.4) is 0 Å². The van der Waals surface area contributed by atoms with Crippen molar-refractivity contribution in [2.75, 3.05) is 12.4 Å². The van der Waals surface area contributed by atoms with Crippen molar-refractivity contribution in [1.82, 2.24) is 14.8 Å². The van der Waals surface area contributed by atoms with E-state index in [0.717, 1.165) is 4.88 Å². The molecule has 4 rings (SSSR count). The molecule has 0 atom stereocenters. The number of rotatable bonds is 5. The molecule has 152 valence electrons. The van der Waals surface area contributed by atoms with Gasteiger partial charge in [-0.3, -0.25) is 4.79 Å². The number of amides is 1. The third-order valence-electron chi connectivity index (χ3n) is 4.62. The van der Waals surface area contributed by atoms with Gasteiger partial charge in [0.15, 0.2) is 5.65 Å². The van der Waals surface area contributed by atoms with E-state index in [2.05, 4.69) is 10.4 Å². The maximum absolute atomic E-state index is 13.2. The van der Waals surface area contributed by atoms with Gasteiger partial charge < -0.3 is 10.1 Å². The lowest BCUT2D eigenvalue weighted by atomic mass is 10.1. The highest BCUT2D eigenvalue weighted by atomic mass is 32.1. The predicted molar refractivity (Wildman–Crippen MR) is 117 cm³/mol. The van der Waals surface area contributed by atoms with Gasteiger partial charge in [0.2, 0.25) is 0 Å². The second kappa shape index (κ2) is 8.08. The molecule has 3 heterocycles. The van der Waals surface area contributed by atoms with Gasteiger partial charge in [-0.25, -0.2) is 14.5 Å². The van der Waals surface area contributed by atoms with Gasteiger partial charge in [0.05, 0.1) is 40.4 Å². The molecule has 7 nitrogen and oxygen atoms in total. The van der Waals surface area contributed by atoms with Gasteiger partial charge in [0.1, 0.15) is 0 Å². The molecule has 30 heavy (non-hydrogen) atoms. The topological polar surface area (TPSA) is 86.1 Å². The zero-order chi connectivity index (χ0) is 21.3. The lowest BCUT2D eigenvalue weighted by Gasteiger charge is -2.11. The molecule has 1 N–H and O–H groups in total. The van der Waals surface area contributed by atoms with Crippen LogP contribution in [0.25, 0.3) is 21.6 Å². The number of thiophene rings is 1. The summed E-state index contributed by atoms with van der Waals surface area (Å²) in [7, 11) is 1.32. The Morgan fingerprint density at radius 3 is 2.70 bits per heavy atom. The van der Waals surface area contributed by atoms with Crippen LogP contribution in [0.2, 0.25) is 0 Å². The average Bonchev–Trinajstić information content (AvgIpc) is 3.42. The number of methoxy groups -OCH3 is 1. The molecule has 0 saturated carbocycles. The van der Waals surface area contributed by atoms with E-state index < -0.39 is 5.97 Å². The first-order valence-electron chi connectivity index (χ1n) is 9.40. The van der Waals surface area contributed by atoms with E-state index in [9.17, 15) is 9.59 Å². The van der Waals surface area contributed by atoms with Gasteiger partial charge in [-0.2, -0.15) is 5.10 Å². The van der Waals surface area contributed by atoms with Crippen LogP contribution in [0, 0.1) is 0 Å². The molecule has 1 amide bonds. The third kappa shape index (κ3) is 3.69. The number of carbonyl (C=O) groups excluding carboxylic acids is 2. The van der Waals surface area contributed by atoms with E-state index in [4.69, 9.17) is 9.72 Å². The number of esters is 1. The normalized spacial score (nSPS) is 11.1. The fourth-order valence-corrected chi connectivity index (χ4v) is 3.86. The Kier molecular flexibility index (Phi) is 5.33. The summed E-state index contributed by atoms with van der Waals surface area (Å²) in [6.45, 7) is 4.04. The van der Waals surface area contributed by atoms with Gasteiger partial charge >= 0.3 is 5.97 Å². The van der Waals surface area contributed by atoms with E-state index in [1.165, 1.54) is 7.11 Å². The standard InChI is InChI=1S/C22H20N4O3S/c1-13(2)26-20-17(12-23-26)16(11-18(25-20)19-8-5-9-30-19)21(27)24-15-7-4-6-14(10-15)22(28)29-3/h4-13H,1-3H3,(H,24,27). The fourth-order valence-electron chi connectivity index (χ4n) is 3.17. The maximum Gasteiger partial charge on any atom is 0.337 e. The number of carbonyl (C=O) groups is 2. The number of nitrogens with one attached hydrogen (secondary N) is 1. The summed E-state index contributed by atoms with van der Waals surface area (Å²) >= 11 is 1.56. The minimum absolute atomic E-state index is 0.0984. The number of nitrogens with zero attached hydrogens (tertiary/aromatic N) is 3. The fraction of sp³-hybridized carbons (Fsp3) is 0.182. The molecular formula is C22H20N4O3S. The number of anilines is 1. The lowest BCUT2D eigenvalue weighted by Crippen LogP contribution is -2.14. The van der Waals surface area contributed by atoms with E-state index in [0.29, 0.717) is 33.5 Å². The molecule has 8 heteroatoms. The van der Waals surface area contributed by atoms with Crippen molar-refractivity contribution in [3.05, 3.63) is 65.2 Å². The van der Waals surface area contributed by atoms with Crippen LogP contribution in [0.5, 0.6) is 0 Å². The van der Waals surface area contributed by atoms with Gasteiger partial charge in [0.25, 0.3) is 5.91 Å². The van der Waals surface area contributed by atoms with Gasteiger partial charge in [0, 0.05) is 11.7 Å². The highest BCUT2D eigenvalue weighted by Gasteiger charge is 2.19. The summed E-state index contributed by atoms with van der Waals surface area (Å²) in [5, 5.41) is 9.95. The Morgan fingerprint density at radius 1 is 1.17 bits per heavy atom. The molecule has 4 aromatic rings. The highest BCUT2D eigenvalue weighted by molar-refractivity contribution is 7.13. The number of benzene rings is 1. The number of ether oxygens (including phenoxy) is 1. The van der Waals surface area contributed by atoms with Crippen LogP contribution in [0.4, 0.5) is 5.69 Å². The Hall–Kier alpha value is -3.52. The predicted octanol–water partition coefficient (Wildman–Crippen LogP) is 4.78. The van der Waals surface area contributed by atoms with Crippen molar-refractivity contribution in [2.45, 2.75) is 19.9 Å². The third-order valence-corrected chi connectivity index (χ3v) is 5.51. The molecule has 3 aromatic heterocycles. The average molecular weight is 420 g/mol. The summed E-state index contributed by atoms with van der Waals surface area (Å²) in [4.78, 5) is 30.7. The lowest BCUT2D eigenvalue weighted by molar-refractivity contribution is 0.0600. The maximum atomic E-state index is 13.2. The van der Waals surface area contributed by atoms with Gasteiger partial charge in [-0.1, -0.05) is 12.1 Å². The largest absolute Gasteiger partial charge is 0.465 e. The number of pyridine rings is 1. The van der Waals surface area contributed by atoms with Crippen LogP contribution in [-0.2, 0) is 4.74 Å². The monoisotopic (exact) mass is 420 g/mol. The van der Waals surface area contributed by atoms with Crippen LogP contribution in [-0.4, -0.2) is 33.8 Å². The molecule has 0 aliphatic carbocycles. The second-order valence-corrected chi connectivity index (χ2v) is 7.93. The molecule has 0 bridgehead atoms. The SMILES string of the molecule is COC(=O)c1cccc(NC(=O)c2cc(-c3cccs3)nc3c2cnn3C(C)C)c1. The molecule has 0 spiro atoms. The molecule has 0 radical (unpaired) electrons. The van der Waals surface area contributed by atoms with E-state index in [1.54, 1.807) is 52.5 Å². The first-order valence-corrected chi connectivity index (χ1v) is 10.3. The summed E-state index contributed by atoms with van der Waals surface area (Å²) in [5.41, 5.74) is 2.71. The quantitative estimate of drug-likeness (QED) is 0.470. The first-order chi connectivity index (χ1) is 14.5. The molecule has 0 unspecified atom stereocenters. The van der Waals surface area contributed by atoms with Crippen molar-refractivity contribution in [3.8, 4) is 10.6 Å². The van der Waals surface area contributed by atoms with E-state index in [-0.39, 0.29) is 11.9 Å². The minimum atomic E-state index is -0.462. The molecule has 1 aromatic carbocycles. The highest BCUT2D eigenvalue weighted by Crippen LogP contribution is 2.29. The number of fused-ring (bicyclic) bond motifs is 1. The van der Waals surface area contributed by atoms with Crippen molar-refractivity contribution in [1.29, 1.82) is 0 Å². The summed E-state index contributed by atoms with van der Waals surface area (Å²) in [6, 6.07) is 12.4. The van der Waals surface area contributed by atoms with Gasteiger partial charge in [-0.15, -0.1) is 11.3 Å². The minimum Gasteiger partial charge on any atom is -0.465 e. The molecule has 0 aliphatic heterocycles. The summed E-state index contributed by atoms with van der Waals surface area (Å²) in [5.74, 6) is -0.763. The van der Waals surface area contributed by atoms with Crippen LogP contribution < -0.4 is 5.32 Å². The first kappa shape index (κ1) is 19.8. The van der Waals surface area contributed by atoms with Crippen LogP contribution >= 0.6 is 11.3 Å². The zero-order valence-electron chi connectivity index (χ0n) is 16.7. The Morgan fingerprint density at radius 2 is 2.00 bits per heavy atom. The molecule has 0 saturated heterocycles. The number of hydrogen-bond donors (Lipinski definition) is 1. The molecular weight excluding hydrogens is 400 g/mol.